The Labute approximate surface area is 158 Å². The third-order valence-corrected chi connectivity index (χ3v) is 5.38. The minimum Gasteiger partial charge on any atom is -0.467 e. The SMILES string of the molecule is O=C(Cn1cc(C(=O)C2CCCCC2)c2ccccc21)NCc1ccco1. The highest BCUT2D eigenvalue weighted by molar-refractivity contribution is 6.09. The monoisotopic (exact) mass is 364 g/mol. The molecule has 0 saturated heterocycles. The van der Waals surface area contributed by atoms with Crippen LogP contribution in [0.5, 0.6) is 0 Å². The van der Waals surface area contributed by atoms with E-state index >= 15 is 0 Å². The molecule has 1 amide bonds. The summed E-state index contributed by atoms with van der Waals surface area (Å²) in [6.07, 6.45) is 8.87. The molecular formula is C22H24N2O3. The Morgan fingerprint density at radius 3 is 2.67 bits per heavy atom. The van der Waals surface area contributed by atoms with Crippen LogP contribution in [0, 0.1) is 5.92 Å². The van der Waals surface area contributed by atoms with Crippen molar-refractivity contribution in [2.45, 2.75) is 45.2 Å². The normalized spacial score (nSPS) is 15.1. The summed E-state index contributed by atoms with van der Waals surface area (Å²) in [5, 5.41) is 3.80. The molecule has 1 aliphatic rings. The van der Waals surface area contributed by atoms with Crippen LogP contribution in [0.25, 0.3) is 10.9 Å². The number of benzene rings is 1. The summed E-state index contributed by atoms with van der Waals surface area (Å²) in [5.74, 6) is 0.948. The van der Waals surface area contributed by atoms with E-state index in [0.29, 0.717) is 12.3 Å². The van der Waals surface area contributed by atoms with Crippen LogP contribution in [-0.2, 0) is 17.9 Å². The first-order valence-electron chi connectivity index (χ1n) is 9.63. The molecule has 2 heterocycles. The van der Waals surface area contributed by atoms with Gasteiger partial charge >= 0.3 is 0 Å². The largest absolute Gasteiger partial charge is 0.467 e. The lowest BCUT2D eigenvalue weighted by Crippen LogP contribution is -2.26. The molecule has 1 aromatic carbocycles. The fourth-order valence-electron chi connectivity index (χ4n) is 3.97. The molecule has 0 spiro atoms. The average Bonchev–Trinajstić information content (AvgIpc) is 3.35. The van der Waals surface area contributed by atoms with Gasteiger partial charge in [0.1, 0.15) is 12.3 Å². The van der Waals surface area contributed by atoms with E-state index in [0.717, 1.165) is 42.1 Å². The smallest absolute Gasteiger partial charge is 0.240 e. The maximum absolute atomic E-state index is 13.1. The van der Waals surface area contributed by atoms with Gasteiger partial charge in [-0.3, -0.25) is 9.59 Å². The number of rotatable bonds is 6. The van der Waals surface area contributed by atoms with Crippen molar-refractivity contribution in [1.29, 1.82) is 0 Å². The summed E-state index contributed by atoms with van der Waals surface area (Å²) < 4.78 is 7.12. The van der Waals surface area contributed by atoms with Gasteiger partial charge in [-0.25, -0.2) is 0 Å². The second-order valence-electron chi connectivity index (χ2n) is 7.24. The number of nitrogens with one attached hydrogen (secondary N) is 1. The molecule has 5 nitrogen and oxygen atoms in total. The lowest BCUT2D eigenvalue weighted by molar-refractivity contribution is -0.121. The number of fused-ring (bicyclic) bond motifs is 1. The molecular weight excluding hydrogens is 340 g/mol. The van der Waals surface area contributed by atoms with E-state index in [1.807, 2.05) is 41.1 Å². The number of carbonyl (C=O) groups is 2. The fourth-order valence-corrected chi connectivity index (χ4v) is 3.97. The Morgan fingerprint density at radius 1 is 1.07 bits per heavy atom. The number of para-hydroxylation sites is 1. The van der Waals surface area contributed by atoms with Crippen molar-refractivity contribution in [2.75, 3.05) is 0 Å². The zero-order valence-electron chi connectivity index (χ0n) is 15.3. The van der Waals surface area contributed by atoms with Crippen LogP contribution in [0.3, 0.4) is 0 Å². The highest BCUT2D eigenvalue weighted by atomic mass is 16.3. The molecule has 27 heavy (non-hydrogen) atoms. The molecule has 1 saturated carbocycles. The van der Waals surface area contributed by atoms with Gasteiger partial charge in [0.05, 0.1) is 12.8 Å². The van der Waals surface area contributed by atoms with E-state index < -0.39 is 0 Å². The van der Waals surface area contributed by atoms with E-state index in [2.05, 4.69) is 5.32 Å². The minimum atomic E-state index is -0.108. The van der Waals surface area contributed by atoms with Crippen molar-refractivity contribution in [1.82, 2.24) is 9.88 Å². The lowest BCUT2D eigenvalue weighted by atomic mass is 9.84. The second kappa shape index (κ2) is 7.82. The number of hydrogen-bond donors (Lipinski definition) is 1. The van der Waals surface area contributed by atoms with Crippen LogP contribution in [0.15, 0.2) is 53.3 Å². The van der Waals surface area contributed by atoms with E-state index in [9.17, 15) is 9.59 Å². The molecule has 5 heteroatoms. The molecule has 0 unspecified atom stereocenters. The Kier molecular flexibility index (Phi) is 5.10. The third-order valence-electron chi connectivity index (χ3n) is 5.38. The van der Waals surface area contributed by atoms with Gasteiger partial charge in [0.15, 0.2) is 5.78 Å². The van der Waals surface area contributed by atoms with Crippen LogP contribution in [-0.4, -0.2) is 16.3 Å². The van der Waals surface area contributed by atoms with E-state index in [1.54, 1.807) is 12.3 Å². The summed E-state index contributed by atoms with van der Waals surface area (Å²) in [6.45, 7) is 0.540. The first kappa shape index (κ1) is 17.6. The average molecular weight is 364 g/mol. The molecule has 1 fully saturated rings. The maximum Gasteiger partial charge on any atom is 0.240 e. The quantitative estimate of drug-likeness (QED) is 0.663. The second-order valence-corrected chi connectivity index (χ2v) is 7.24. The predicted molar refractivity (Wildman–Crippen MR) is 103 cm³/mol. The first-order chi connectivity index (χ1) is 13.2. The zero-order valence-corrected chi connectivity index (χ0v) is 15.3. The van der Waals surface area contributed by atoms with Crippen LogP contribution in [0.1, 0.15) is 48.2 Å². The van der Waals surface area contributed by atoms with Crippen LogP contribution in [0.4, 0.5) is 0 Å². The summed E-state index contributed by atoms with van der Waals surface area (Å²) in [4.78, 5) is 25.4. The first-order valence-corrected chi connectivity index (χ1v) is 9.63. The van der Waals surface area contributed by atoms with Gasteiger partial charge in [-0.15, -0.1) is 0 Å². The minimum absolute atomic E-state index is 0.108. The molecule has 1 N–H and O–H groups in total. The molecule has 0 radical (unpaired) electrons. The number of aromatic nitrogens is 1. The Morgan fingerprint density at radius 2 is 1.89 bits per heavy atom. The van der Waals surface area contributed by atoms with Gasteiger partial charge in [0, 0.05) is 28.6 Å². The van der Waals surface area contributed by atoms with Crippen LogP contribution in [0.2, 0.25) is 0 Å². The number of furan rings is 1. The summed E-state index contributed by atoms with van der Waals surface area (Å²) in [7, 11) is 0. The zero-order chi connectivity index (χ0) is 18.6. The number of nitrogens with zero attached hydrogens (tertiary/aromatic N) is 1. The van der Waals surface area contributed by atoms with E-state index in [1.165, 1.54) is 6.42 Å². The maximum atomic E-state index is 13.1. The molecule has 2 aromatic heterocycles. The Bertz CT molecular complexity index is 934. The highest BCUT2D eigenvalue weighted by Crippen LogP contribution is 2.30. The Balaban J connectivity index is 1.54. The fraction of sp³-hybridized carbons (Fsp3) is 0.364. The number of carbonyl (C=O) groups excluding carboxylic acids is 2. The van der Waals surface area contributed by atoms with E-state index in [-0.39, 0.29) is 24.2 Å². The molecule has 140 valence electrons. The number of hydrogen-bond acceptors (Lipinski definition) is 3. The summed E-state index contributed by atoms with van der Waals surface area (Å²) in [5.41, 5.74) is 1.67. The molecule has 3 aromatic rings. The third kappa shape index (κ3) is 3.82. The Hall–Kier alpha value is -2.82. The van der Waals surface area contributed by atoms with Gasteiger partial charge in [-0.1, -0.05) is 37.5 Å². The highest BCUT2D eigenvalue weighted by Gasteiger charge is 2.25. The van der Waals surface area contributed by atoms with Crippen molar-refractivity contribution in [3.05, 3.63) is 60.2 Å². The van der Waals surface area contributed by atoms with Crippen LogP contribution >= 0.6 is 0 Å². The van der Waals surface area contributed by atoms with Crippen molar-refractivity contribution in [2.24, 2.45) is 5.92 Å². The van der Waals surface area contributed by atoms with Crippen molar-refractivity contribution < 1.29 is 14.0 Å². The van der Waals surface area contributed by atoms with Gasteiger partial charge in [-0.05, 0) is 31.0 Å². The molecule has 4 rings (SSSR count). The van der Waals surface area contributed by atoms with Gasteiger partial charge in [0.2, 0.25) is 5.91 Å². The number of amides is 1. The van der Waals surface area contributed by atoms with Crippen molar-refractivity contribution >= 4 is 22.6 Å². The van der Waals surface area contributed by atoms with Crippen LogP contribution < -0.4 is 5.32 Å². The number of ketones is 1. The number of Topliss-reactive ketones (excluding diaryl/α,β-unsaturated/α-hetero) is 1. The van der Waals surface area contributed by atoms with Crippen molar-refractivity contribution in [3.8, 4) is 0 Å². The topological polar surface area (TPSA) is 64.2 Å². The van der Waals surface area contributed by atoms with Gasteiger partial charge in [0.25, 0.3) is 0 Å². The molecule has 0 atom stereocenters. The van der Waals surface area contributed by atoms with Crippen molar-refractivity contribution in [3.63, 3.8) is 0 Å². The predicted octanol–water partition coefficient (Wildman–Crippen LogP) is 4.31. The van der Waals surface area contributed by atoms with Gasteiger partial charge in [-0.2, -0.15) is 0 Å². The summed E-state index contributed by atoms with van der Waals surface area (Å²) >= 11 is 0. The molecule has 0 aliphatic heterocycles. The van der Waals surface area contributed by atoms with Gasteiger partial charge < -0.3 is 14.3 Å². The standard InChI is InChI=1S/C22H24N2O3/c25-21(23-13-17-9-6-12-27-17)15-24-14-19(18-10-4-5-11-20(18)24)22(26)16-7-2-1-3-8-16/h4-6,9-12,14,16H,1-3,7-8,13,15H2,(H,23,25). The molecule has 1 aliphatic carbocycles. The lowest BCUT2D eigenvalue weighted by Gasteiger charge is -2.19. The molecule has 0 bridgehead atoms. The summed E-state index contributed by atoms with van der Waals surface area (Å²) in [6, 6.07) is 11.4. The van der Waals surface area contributed by atoms with E-state index in [4.69, 9.17) is 4.42 Å².